The number of nitrogens with one attached hydrogen (secondary N) is 1. The van der Waals surface area contributed by atoms with Gasteiger partial charge >= 0.3 is 0 Å². The van der Waals surface area contributed by atoms with E-state index >= 15 is 0 Å². The fraction of sp³-hybridized carbons (Fsp3) is 0. The lowest BCUT2D eigenvalue weighted by atomic mass is 10.5. The molecule has 1 rings (SSSR count). The SMILES string of the molecule is Fc1ccc(I)c(=S)[nH]1. The second-order valence-electron chi connectivity index (χ2n) is 1.48. The predicted octanol–water partition coefficient (Wildman–Crippen LogP) is 2.49. The van der Waals surface area contributed by atoms with E-state index in [4.69, 9.17) is 12.2 Å². The Balaban J connectivity index is 3.34. The van der Waals surface area contributed by atoms with Crippen LogP contribution in [0, 0.1) is 14.2 Å². The Morgan fingerprint density at radius 2 is 2.22 bits per heavy atom. The highest BCUT2D eigenvalue weighted by molar-refractivity contribution is 14.1. The number of H-pyrrole nitrogens is 1. The Hall–Kier alpha value is 0.0300. The predicted molar refractivity (Wildman–Crippen MR) is 44.3 cm³/mol. The lowest BCUT2D eigenvalue weighted by Crippen LogP contribution is -1.83. The van der Waals surface area contributed by atoms with E-state index in [9.17, 15) is 4.39 Å². The van der Waals surface area contributed by atoms with Gasteiger partial charge in [-0.25, -0.2) is 0 Å². The molecule has 1 N–H and O–H groups in total. The average molecular weight is 255 g/mol. The fourth-order valence-corrected chi connectivity index (χ4v) is 0.912. The van der Waals surface area contributed by atoms with E-state index in [1.54, 1.807) is 6.07 Å². The summed E-state index contributed by atoms with van der Waals surface area (Å²) in [6.45, 7) is 0. The number of hydrogen-bond donors (Lipinski definition) is 1. The highest BCUT2D eigenvalue weighted by Gasteiger charge is 1.90. The van der Waals surface area contributed by atoms with Crippen molar-refractivity contribution in [1.82, 2.24) is 4.98 Å². The lowest BCUT2D eigenvalue weighted by Gasteiger charge is -1.89. The largest absolute Gasteiger partial charge is 0.322 e. The number of halogens is 2. The van der Waals surface area contributed by atoms with Gasteiger partial charge in [-0.05, 0) is 34.7 Å². The number of aromatic nitrogens is 1. The highest BCUT2D eigenvalue weighted by Crippen LogP contribution is 2.04. The van der Waals surface area contributed by atoms with Gasteiger partial charge in [0, 0.05) is 3.57 Å². The van der Waals surface area contributed by atoms with Crippen LogP contribution in [-0.2, 0) is 0 Å². The number of rotatable bonds is 0. The van der Waals surface area contributed by atoms with Gasteiger partial charge in [-0.3, -0.25) is 0 Å². The van der Waals surface area contributed by atoms with Gasteiger partial charge in [0.1, 0.15) is 4.64 Å². The monoisotopic (exact) mass is 255 g/mol. The maximum atomic E-state index is 12.2. The van der Waals surface area contributed by atoms with Gasteiger partial charge in [-0.2, -0.15) is 4.39 Å². The van der Waals surface area contributed by atoms with Gasteiger partial charge in [0.2, 0.25) is 0 Å². The third-order valence-corrected chi connectivity index (χ3v) is 2.41. The first kappa shape index (κ1) is 7.14. The molecule has 0 bridgehead atoms. The first-order valence-electron chi connectivity index (χ1n) is 2.24. The third-order valence-electron chi connectivity index (χ3n) is 0.826. The van der Waals surface area contributed by atoms with Crippen LogP contribution in [0.5, 0.6) is 0 Å². The molecule has 0 saturated carbocycles. The van der Waals surface area contributed by atoms with Crippen molar-refractivity contribution in [3.63, 3.8) is 0 Å². The van der Waals surface area contributed by atoms with Gasteiger partial charge < -0.3 is 4.98 Å². The zero-order valence-electron chi connectivity index (χ0n) is 4.32. The van der Waals surface area contributed by atoms with Gasteiger partial charge in [0.25, 0.3) is 0 Å². The molecule has 0 saturated heterocycles. The van der Waals surface area contributed by atoms with Crippen molar-refractivity contribution in [1.29, 1.82) is 0 Å². The summed E-state index contributed by atoms with van der Waals surface area (Å²) in [6.07, 6.45) is 0. The van der Waals surface area contributed by atoms with Gasteiger partial charge in [0.05, 0.1) is 0 Å². The minimum absolute atomic E-state index is 0.389. The lowest BCUT2D eigenvalue weighted by molar-refractivity contribution is 0.581. The van der Waals surface area contributed by atoms with Crippen LogP contribution in [0.15, 0.2) is 12.1 Å². The smallest absolute Gasteiger partial charge is 0.192 e. The van der Waals surface area contributed by atoms with Crippen molar-refractivity contribution in [3.05, 3.63) is 26.3 Å². The molecule has 0 spiro atoms. The maximum absolute atomic E-state index is 12.2. The van der Waals surface area contributed by atoms with Crippen LogP contribution < -0.4 is 0 Å². The summed E-state index contributed by atoms with van der Waals surface area (Å²) in [4.78, 5) is 2.38. The molecule has 0 aliphatic rings. The van der Waals surface area contributed by atoms with Crippen molar-refractivity contribution in [2.75, 3.05) is 0 Å². The van der Waals surface area contributed by atoms with Gasteiger partial charge in [-0.1, -0.05) is 12.2 Å². The quantitative estimate of drug-likeness (QED) is 0.428. The second kappa shape index (κ2) is 2.74. The minimum atomic E-state index is -0.389. The summed E-state index contributed by atoms with van der Waals surface area (Å²) in [5.74, 6) is -0.389. The summed E-state index contributed by atoms with van der Waals surface area (Å²) in [5, 5.41) is 0. The zero-order chi connectivity index (χ0) is 6.85. The Morgan fingerprint density at radius 3 is 2.67 bits per heavy atom. The summed E-state index contributed by atoms with van der Waals surface area (Å²) in [7, 11) is 0. The maximum Gasteiger partial charge on any atom is 0.192 e. The molecule has 48 valence electrons. The van der Waals surface area contributed by atoms with Crippen LogP contribution in [0.2, 0.25) is 0 Å². The average Bonchev–Trinajstić information content (AvgIpc) is 1.80. The molecule has 0 aromatic carbocycles. The molecule has 0 amide bonds. The number of hydrogen-bond acceptors (Lipinski definition) is 1. The molecule has 1 aromatic rings. The molecular formula is C5H3FINS. The van der Waals surface area contributed by atoms with Crippen LogP contribution in [0.3, 0.4) is 0 Å². The van der Waals surface area contributed by atoms with E-state index in [0.717, 1.165) is 3.57 Å². The molecule has 0 unspecified atom stereocenters. The first-order valence-corrected chi connectivity index (χ1v) is 3.73. The van der Waals surface area contributed by atoms with E-state index < -0.39 is 0 Å². The van der Waals surface area contributed by atoms with Crippen LogP contribution in [-0.4, -0.2) is 4.98 Å². The van der Waals surface area contributed by atoms with Crippen LogP contribution in [0.4, 0.5) is 4.39 Å². The normalized spacial score (nSPS) is 9.56. The third kappa shape index (κ3) is 1.72. The zero-order valence-corrected chi connectivity index (χ0v) is 7.29. The van der Waals surface area contributed by atoms with Crippen LogP contribution >= 0.6 is 34.8 Å². The molecule has 0 aliphatic carbocycles. The van der Waals surface area contributed by atoms with Crippen molar-refractivity contribution >= 4 is 34.8 Å². The van der Waals surface area contributed by atoms with Crippen molar-refractivity contribution in [2.45, 2.75) is 0 Å². The molecule has 0 aliphatic heterocycles. The Morgan fingerprint density at radius 1 is 1.56 bits per heavy atom. The number of aromatic amines is 1. The van der Waals surface area contributed by atoms with E-state index in [1.807, 2.05) is 22.6 Å². The van der Waals surface area contributed by atoms with E-state index in [-0.39, 0.29) is 5.95 Å². The molecule has 1 aromatic heterocycles. The van der Waals surface area contributed by atoms with Crippen molar-refractivity contribution in [2.24, 2.45) is 0 Å². The highest BCUT2D eigenvalue weighted by atomic mass is 127. The number of pyridine rings is 1. The van der Waals surface area contributed by atoms with E-state index in [0.29, 0.717) is 4.64 Å². The molecule has 0 fully saturated rings. The fourth-order valence-electron chi connectivity index (χ4n) is 0.432. The van der Waals surface area contributed by atoms with E-state index in [1.165, 1.54) is 6.07 Å². The summed E-state index contributed by atoms with van der Waals surface area (Å²) >= 11 is 6.78. The van der Waals surface area contributed by atoms with Gasteiger partial charge in [-0.15, -0.1) is 0 Å². The Bertz CT molecular complexity index is 270. The topological polar surface area (TPSA) is 15.8 Å². The Kier molecular flexibility index (Phi) is 2.18. The second-order valence-corrected chi connectivity index (χ2v) is 3.05. The molecular weight excluding hydrogens is 252 g/mol. The molecule has 0 atom stereocenters. The molecule has 0 radical (unpaired) electrons. The van der Waals surface area contributed by atoms with Crippen molar-refractivity contribution < 1.29 is 4.39 Å². The van der Waals surface area contributed by atoms with Crippen LogP contribution in [0.1, 0.15) is 0 Å². The Labute approximate surface area is 70.4 Å². The summed E-state index contributed by atoms with van der Waals surface area (Å²) in [5.41, 5.74) is 0. The summed E-state index contributed by atoms with van der Waals surface area (Å²) in [6, 6.07) is 2.98. The molecule has 1 nitrogen and oxygen atoms in total. The van der Waals surface area contributed by atoms with Crippen molar-refractivity contribution in [3.8, 4) is 0 Å². The molecule has 9 heavy (non-hydrogen) atoms. The first-order chi connectivity index (χ1) is 4.20. The van der Waals surface area contributed by atoms with Gasteiger partial charge in [0.15, 0.2) is 5.95 Å². The van der Waals surface area contributed by atoms with Crippen LogP contribution in [0.25, 0.3) is 0 Å². The molecule has 4 heteroatoms. The minimum Gasteiger partial charge on any atom is -0.322 e. The standard InChI is InChI=1S/C5H3FINS/c6-4-2-1-3(7)5(9)8-4/h1-2H,(H,8,9). The molecule has 1 heterocycles. The van der Waals surface area contributed by atoms with E-state index in [2.05, 4.69) is 4.98 Å². The summed E-state index contributed by atoms with van der Waals surface area (Å²) < 4.78 is 13.5.